The van der Waals surface area contributed by atoms with Crippen molar-refractivity contribution in [3.8, 4) is 0 Å². The summed E-state index contributed by atoms with van der Waals surface area (Å²) in [4.78, 5) is 27.9. The SMILES string of the molecule is CC(C(=O)N(C)CC(=O)Nc1ccccc1C(F)(F)F)N(C)Cc1ccccc1Cl. The van der Waals surface area contributed by atoms with E-state index in [0.29, 0.717) is 11.6 Å². The molecule has 1 N–H and O–H groups in total. The van der Waals surface area contributed by atoms with Gasteiger partial charge in [0, 0.05) is 18.6 Å². The van der Waals surface area contributed by atoms with E-state index in [1.165, 1.54) is 30.1 Å². The first kappa shape index (κ1) is 23.7. The third-order valence-electron chi connectivity index (χ3n) is 4.66. The number of anilines is 1. The number of para-hydroxylation sites is 1. The predicted octanol–water partition coefficient (Wildman–Crippen LogP) is 4.28. The fourth-order valence-corrected chi connectivity index (χ4v) is 3.06. The summed E-state index contributed by atoms with van der Waals surface area (Å²) >= 11 is 6.15. The van der Waals surface area contributed by atoms with Crippen LogP contribution in [0.15, 0.2) is 48.5 Å². The Bertz CT molecular complexity index is 905. The predicted molar refractivity (Wildman–Crippen MR) is 110 cm³/mol. The smallest absolute Gasteiger partial charge is 0.335 e. The van der Waals surface area contributed by atoms with Crippen molar-refractivity contribution < 1.29 is 22.8 Å². The van der Waals surface area contributed by atoms with Crippen LogP contribution in [0.2, 0.25) is 5.02 Å². The lowest BCUT2D eigenvalue weighted by atomic mass is 10.1. The Morgan fingerprint density at radius 3 is 2.30 bits per heavy atom. The normalized spacial score (nSPS) is 12.5. The van der Waals surface area contributed by atoms with Crippen molar-refractivity contribution in [2.75, 3.05) is 26.0 Å². The molecule has 0 aliphatic carbocycles. The molecule has 1 unspecified atom stereocenters. The van der Waals surface area contributed by atoms with Gasteiger partial charge < -0.3 is 10.2 Å². The van der Waals surface area contributed by atoms with Gasteiger partial charge in [-0.15, -0.1) is 0 Å². The molecule has 1 atom stereocenters. The van der Waals surface area contributed by atoms with Gasteiger partial charge in [0.25, 0.3) is 0 Å². The third-order valence-corrected chi connectivity index (χ3v) is 5.03. The van der Waals surface area contributed by atoms with Gasteiger partial charge in [-0.2, -0.15) is 13.2 Å². The number of hydrogen-bond donors (Lipinski definition) is 1. The monoisotopic (exact) mass is 441 g/mol. The van der Waals surface area contributed by atoms with Crippen molar-refractivity contribution in [1.29, 1.82) is 0 Å². The average molecular weight is 442 g/mol. The fourth-order valence-electron chi connectivity index (χ4n) is 2.86. The number of nitrogens with one attached hydrogen (secondary N) is 1. The maximum absolute atomic E-state index is 13.1. The fraction of sp³-hybridized carbons (Fsp3) is 0.333. The molecule has 5 nitrogen and oxygen atoms in total. The zero-order chi connectivity index (χ0) is 22.5. The Kier molecular flexibility index (Phi) is 7.86. The zero-order valence-corrected chi connectivity index (χ0v) is 17.6. The number of rotatable bonds is 7. The molecule has 0 bridgehead atoms. The van der Waals surface area contributed by atoms with E-state index in [1.54, 1.807) is 24.9 Å². The van der Waals surface area contributed by atoms with Crippen LogP contribution in [-0.4, -0.2) is 48.3 Å². The Morgan fingerprint density at radius 2 is 1.67 bits per heavy atom. The Labute approximate surface area is 178 Å². The molecule has 0 saturated heterocycles. The van der Waals surface area contributed by atoms with Gasteiger partial charge in [-0.25, -0.2) is 0 Å². The molecular formula is C21H23ClF3N3O2. The first-order valence-electron chi connectivity index (χ1n) is 9.15. The van der Waals surface area contributed by atoms with Crippen molar-refractivity contribution in [2.24, 2.45) is 0 Å². The van der Waals surface area contributed by atoms with Gasteiger partial charge in [-0.3, -0.25) is 14.5 Å². The molecule has 0 saturated carbocycles. The largest absolute Gasteiger partial charge is 0.418 e. The molecule has 162 valence electrons. The minimum Gasteiger partial charge on any atom is -0.335 e. The molecule has 9 heteroatoms. The number of hydrogen-bond acceptors (Lipinski definition) is 3. The molecule has 0 aromatic heterocycles. The average Bonchev–Trinajstić information content (AvgIpc) is 2.68. The summed E-state index contributed by atoms with van der Waals surface area (Å²) in [6, 6.07) is 11.4. The summed E-state index contributed by atoms with van der Waals surface area (Å²) < 4.78 is 39.2. The highest BCUT2D eigenvalue weighted by Crippen LogP contribution is 2.34. The first-order chi connectivity index (χ1) is 14.0. The maximum atomic E-state index is 13.1. The van der Waals surface area contributed by atoms with E-state index >= 15 is 0 Å². The lowest BCUT2D eigenvalue weighted by Gasteiger charge is -2.28. The van der Waals surface area contributed by atoms with E-state index in [9.17, 15) is 22.8 Å². The Hall–Kier alpha value is -2.58. The van der Waals surface area contributed by atoms with Crippen molar-refractivity contribution in [3.05, 3.63) is 64.7 Å². The highest BCUT2D eigenvalue weighted by atomic mass is 35.5. The number of amides is 2. The van der Waals surface area contributed by atoms with Crippen molar-refractivity contribution in [2.45, 2.75) is 25.7 Å². The molecule has 0 radical (unpaired) electrons. The van der Waals surface area contributed by atoms with Crippen LogP contribution in [0.3, 0.4) is 0 Å². The molecule has 0 fully saturated rings. The minimum atomic E-state index is -4.60. The van der Waals surface area contributed by atoms with E-state index in [2.05, 4.69) is 5.32 Å². The number of alkyl halides is 3. The molecule has 0 spiro atoms. The highest BCUT2D eigenvalue weighted by molar-refractivity contribution is 6.31. The van der Waals surface area contributed by atoms with Crippen LogP contribution < -0.4 is 5.32 Å². The van der Waals surface area contributed by atoms with Crippen LogP contribution in [0.25, 0.3) is 0 Å². The number of likely N-dealkylation sites (N-methyl/N-ethyl adjacent to an activating group) is 2. The number of halogens is 4. The summed E-state index contributed by atoms with van der Waals surface area (Å²) in [7, 11) is 3.18. The second kappa shape index (κ2) is 9.95. The molecule has 0 aliphatic rings. The number of carbonyl (C=O) groups excluding carboxylic acids is 2. The Balaban J connectivity index is 1.98. The standard InChI is InChI=1S/C21H23ClF3N3O2/c1-14(27(2)12-15-8-4-6-10-17(15)22)20(30)28(3)13-19(29)26-18-11-7-5-9-16(18)21(23,24)25/h4-11,14H,12-13H2,1-3H3,(H,26,29). The molecule has 30 heavy (non-hydrogen) atoms. The number of carbonyl (C=O) groups is 2. The van der Waals surface area contributed by atoms with Gasteiger partial charge >= 0.3 is 6.18 Å². The number of benzene rings is 2. The van der Waals surface area contributed by atoms with Gasteiger partial charge in [-0.05, 0) is 37.7 Å². The van der Waals surface area contributed by atoms with E-state index in [4.69, 9.17) is 11.6 Å². The van der Waals surface area contributed by atoms with Crippen LogP contribution in [-0.2, 0) is 22.3 Å². The second-order valence-electron chi connectivity index (χ2n) is 6.97. The molecule has 2 aromatic carbocycles. The molecular weight excluding hydrogens is 419 g/mol. The van der Waals surface area contributed by atoms with Crippen LogP contribution in [0.4, 0.5) is 18.9 Å². The minimum absolute atomic E-state index is 0.344. The highest BCUT2D eigenvalue weighted by Gasteiger charge is 2.33. The Morgan fingerprint density at radius 1 is 1.07 bits per heavy atom. The number of nitrogens with zero attached hydrogens (tertiary/aromatic N) is 2. The molecule has 2 aromatic rings. The summed E-state index contributed by atoms with van der Waals surface area (Å²) in [6.45, 7) is 1.73. The van der Waals surface area contributed by atoms with Crippen LogP contribution >= 0.6 is 11.6 Å². The van der Waals surface area contributed by atoms with Crippen molar-refractivity contribution in [3.63, 3.8) is 0 Å². The van der Waals surface area contributed by atoms with E-state index in [1.807, 2.05) is 18.2 Å². The third kappa shape index (κ3) is 6.21. The molecule has 2 rings (SSSR count). The maximum Gasteiger partial charge on any atom is 0.418 e. The molecule has 2 amide bonds. The van der Waals surface area contributed by atoms with Gasteiger partial charge in [0.15, 0.2) is 0 Å². The van der Waals surface area contributed by atoms with Crippen molar-refractivity contribution >= 4 is 29.1 Å². The summed E-state index contributed by atoms with van der Waals surface area (Å²) in [5.41, 5.74) is -0.439. The summed E-state index contributed by atoms with van der Waals surface area (Å²) in [5.74, 6) is -1.06. The molecule has 0 aliphatic heterocycles. The topological polar surface area (TPSA) is 52.7 Å². The van der Waals surface area contributed by atoms with E-state index in [-0.39, 0.29) is 18.1 Å². The van der Waals surface area contributed by atoms with Crippen molar-refractivity contribution in [1.82, 2.24) is 9.80 Å². The van der Waals surface area contributed by atoms with E-state index in [0.717, 1.165) is 11.6 Å². The first-order valence-corrected chi connectivity index (χ1v) is 9.53. The van der Waals surface area contributed by atoms with Gasteiger partial charge in [0.1, 0.15) is 0 Å². The summed E-state index contributed by atoms with van der Waals surface area (Å²) in [6.07, 6.45) is -4.60. The lowest BCUT2D eigenvalue weighted by molar-refractivity contribution is -0.138. The molecule has 0 heterocycles. The van der Waals surface area contributed by atoms with Gasteiger partial charge in [-0.1, -0.05) is 41.9 Å². The summed E-state index contributed by atoms with van der Waals surface area (Å²) in [5, 5.41) is 2.82. The van der Waals surface area contributed by atoms with Crippen LogP contribution in [0, 0.1) is 0 Å². The van der Waals surface area contributed by atoms with E-state index < -0.39 is 23.7 Å². The van der Waals surface area contributed by atoms with Gasteiger partial charge in [0.05, 0.1) is 23.8 Å². The zero-order valence-electron chi connectivity index (χ0n) is 16.8. The quantitative estimate of drug-likeness (QED) is 0.698. The van der Waals surface area contributed by atoms with Crippen LogP contribution in [0.1, 0.15) is 18.1 Å². The second-order valence-corrected chi connectivity index (χ2v) is 7.38. The van der Waals surface area contributed by atoms with Gasteiger partial charge in [0.2, 0.25) is 11.8 Å². The lowest BCUT2D eigenvalue weighted by Crippen LogP contribution is -2.46. The van der Waals surface area contributed by atoms with Crippen LogP contribution in [0.5, 0.6) is 0 Å².